The Morgan fingerprint density at radius 1 is 1.19 bits per heavy atom. The second kappa shape index (κ2) is 6.98. The summed E-state index contributed by atoms with van der Waals surface area (Å²) in [5.74, 6) is 0.477. The number of aliphatic hydroxyl groups is 2. The minimum atomic E-state index is -1.66. The number of hydrogen-bond donors (Lipinski definition) is 4. The Balaban J connectivity index is 1.30. The minimum absolute atomic E-state index is 0.0137. The molecule has 2 unspecified atom stereocenters. The third kappa shape index (κ3) is 2.58. The molecule has 5 aliphatic rings. The van der Waals surface area contributed by atoms with Gasteiger partial charge in [-0.25, -0.2) is 4.39 Å². The molecule has 1 saturated heterocycles. The van der Waals surface area contributed by atoms with E-state index in [-0.39, 0.29) is 17.4 Å². The first-order chi connectivity index (χ1) is 17.0. The number of aromatic nitrogens is 2. The fraction of sp³-hybridized carbons (Fsp3) is 0.607. The molecule has 36 heavy (non-hydrogen) atoms. The Morgan fingerprint density at radius 3 is 2.78 bits per heavy atom. The number of nitrogens with two attached hydrogens (primary N) is 1. The zero-order chi connectivity index (χ0) is 25.3. The highest BCUT2D eigenvalue weighted by molar-refractivity contribution is 5.91. The average molecular weight is 495 g/mol. The topological polar surface area (TPSA) is 108 Å². The first-order valence-corrected chi connectivity index (χ1v) is 13.1. The number of aromatic amines is 1. The lowest BCUT2D eigenvalue weighted by atomic mass is 9.53. The van der Waals surface area contributed by atoms with Gasteiger partial charge in [-0.3, -0.25) is 5.10 Å². The molecule has 192 valence electrons. The predicted octanol–water partition coefficient (Wildman–Crippen LogP) is 3.34. The van der Waals surface area contributed by atoms with E-state index in [0.717, 1.165) is 22.9 Å². The Labute approximate surface area is 210 Å². The van der Waals surface area contributed by atoms with Gasteiger partial charge in [0, 0.05) is 17.3 Å². The number of nitrogen functional groups attached to an aromatic ring is 1. The number of nitrogens with one attached hydrogen (secondary N) is 1. The Hall–Kier alpha value is -2.26. The van der Waals surface area contributed by atoms with Crippen LogP contribution in [0.3, 0.4) is 0 Å². The van der Waals surface area contributed by atoms with Crippen LogP contribution in [-0.2, 0) is 4.74 Å². The van der Waals surface area contributed by atoms with Crippen LogP contribution in [-0.4, -0.2) is 74.5 Å². The van der Waals surface area contributed by atoms with Gasteiger partial charge in [-0.05, 0) is 93.0 Å². The highest BCUT2D eigenvalue weighted by Gasteiger charge is 2.74. The van der Waals surface area contributed by atoms with Crippen molar-refractivity contribution >= 4 is 22.3 Å². The normalized spacial score (nSPS) is 45.3. The number of ether oxygens (including phenoxy) is 1. The average Bonchev–Trinajstić information content (AvgIpc) is 3.50. The third-order valence-electron chi connectivity index (χ3n) is 10.5. The lowest BCUT2D eigenvalue weighted by molar-refractivity contribution is -0.239. The van der Waals surface area contributed by atoms with Crippen molar-refractivity contribution in [1.29, 1.82) is 0 Å². The lowest BCUT2D eigenvalue weighted by Crippen LogP contribution is -2.68. The molecule has 3 fully saturated rings. The Morgan fingerprint density at radius 2 is 2.00 bits per heavy atom. The number of anilines is 1. The summed E-state index contributed by atoms with van der Waals surface area (Å²) in [5, 5.41) is 30.0. The van der Waals surface area contributed by atoms with E-state index >= 15 is 4.39 Å². The number of benzene rings is 1. The van der Waals surface area contributed by atoms with Gasteiger partial charge >= 0.3 is 0 Å². The zero-order valence-corrected chi connectivity index (χ0v) is 21.1. The van der Waals surface area contributed by atoms with E-state index in [1.165, 1.54) is 5.57 Å². The Kier molecular flexibility index (Phi) is 4.44. The molecule has 8 heteroatoms. The van der Waals surface area contributed by atoms with E-state index in [2.05, 4.69) is 35.3 Å². The Bertz CT molecular complexity index is 1340. The number of nitrogens with zero attached hydrogens (tertiary/aromatic N) is 2. The summed E-state index contributed by atoms with van der Waals surface area (Å²) in [6.45, 7) is 2.27. The van der Waals surface area contributed by atoms with Gasteiger partial charge in [-0.1, -0.05) is 19.1 Å². The van der Waals surface area contributed by atoms with Crippen LogP contribution in [0.2, 0.25) is 0 Å². The van der Waals surface area contributed by atoms with Crippen molar-refractivity contribution in [1.82, 2.24) is 15.1 Å². The van der Waals surface area contributed by atoms with Crippen LogP contribution in [0.15, 0.2) is 35.9 Å². The predicted molar refractivity (Wildman–Crippen MR) is 136 cm³/mol. The van der Waals surface area contributed by atoms with Crippen LogP contribution in [0.25, 0.3) is 16.5 Å². The van der Waals surface area contributed by atoms with Crippen LogP contribution in [0.5, 0.6) is 0 Å². The standard InChI is InChI=1S/C28H35FN4O3/c1-25-8-10-27(29)13-18-22(34)23(35)20(33(2)3)14-26(18)9-11-28(27,36-26)21(25)7-6-17(25)15-4-5-16-19(12-15)31-32-24(16)30/h4-6,12-13,20-23,34-35H,7-11,14H2,1-3H3,(H3,30,31,32)/t20-,21?,22+,23+,25+,26+,27?,28-/m0/s1. The molecule has 1 aromatic heterocycles. The zero-order valence-electron chi connectivity index (χ0n) is 21.1. The maximum Gasteiger partial charge on any atom is 0.158 e. The van der Waals surface area contributed by atoms with Crippen molar-refractivity contribution in [2.75, 3.05) is 19.8 Å². The number of rotatable bonds is 2. The molecule has 1 aromatic carbocycles. The van der Waals surface area contributed by atoms with Crippen LogP contribution >= 0.6 is 0 Å². The summed E-state index contributed by atoms with van der Waals surface area (Å²) < 4.78 is 24.1. The molecule has 0 radical (unpaired) electrons. The molecule has 2 spiro atoms. The fourth-order valence-corrected chi connectivity index (χ4v) is 8.64. The smallest absolute Gasteiger partial charge is 0.158 e. The van der Waals surface area contributed by atoms with E-state index in [9.17, 15) is 10.2 Å². The quantitative estimate of drug-likeness (QED) is 0.477. The van der Waals surface area contributed by atoms with E-state index < -0.39 is 29.1 Å². The molecular formula is C28H35FN4O3. The number of hydrogen-bond acceptors (Lipinski definition) is 6. The summed E-state index contributed by atoms with van der Waals surface area (Å²) in [4.78, 5) is 1.95. The first-order valence-electron chi connectivity index (χ1n) is 13.1. The van der Waals surface area contributed by atoms with E-state index in [1.807, 2.05) is 25.1 Å². The number of allylic oxidation sites excluding steroid dienone is 2. The van der Waals surface area contributed by atoms with Gasteiger partial charge < -0.3 is 25.6 Å². The largest absolute Gasteiger partial charge is 0.388 e. The van der Waals surface area contributed by atoms with E-state index in [4.69, 9.17) is 10.5 Å². The second-order valence-corrected chi connectivity index (χ2v) is 12.3. The van der Waals surface area contributed by atoms with Crippen molar-refractivity contribution in [3.63, 3.8) is 0 Å². The monoisotopic (exact) mass is 494 g/mol. The molecule has 7 rings (SSSR count). The van der Waals surface area contributed by atoms with Crippen molar-refractivity contribution < 1.29 is 19.3 Å². The van der Waals surface area contributed by atoms with Crippen LogP contribution < -0.4 is 5.73 Å². The number of likely N-dealkylation sites (N-methyl/N-ethyl adjacent to an activating group) is 1. The van der Waals surface area contributed by atoms with Gasteiger partial charge in [0.2, 0.25) is 0 Å². The third-order valence-corrected chi connectivity index (χ3v) is 10.5. The number of aliphatic hydroxyl groups excluding tert-OH is 2. The lowest BCUT2D eigenvalue weighted by Gasteiger charge is -2.60. The highest BCUT2D eigenvalue weighted by Crippen LogP contribution is 2.71. The highest BCUT2D eigenvalue weighted by atomic mass is 19.1. The molecule has 0 amide bonds. The van der Waals surface area contributed by atoms with E-state index in [0.29, 0.717) is 43.5 Å². The molecule has 3 heterocycles. The molecule has 2 aromatic rings. The van der Waals surface area contributed by atoms with Gasteiger partial charge in [0.05, 0.1) is 17.2 Å². The number of alkyl halides is 1. The van der Waals surface area contributed by atoms with Crippen molar-refractivity contribution in [3.8, 4) is 0 Å². The van der Waals surface area contributed by atoms with Crippen LogP contribution in [0.4, 0.5) is 10.2 Å². The number of halogens is 1. The van der Waals surface area contributed by atoms with Gasteiger partial charge in [0.1, 0.15) is 11.7 Å². The van der Waals surface area contributed by atoms with Crippen molar-refractivity contribution in [2.45, 2.75) is 80.6 Å². The maximum atomic E-state index is 17.1. The SMILES string of the molecule is CN(C)[C@H]1C[C@@]23CC[C@]4(O2)C2CC=C(c5ccc6c(N)n[nH]c6c5)[C@@]2(C)CCC4(F)C=C3[C@@H](O)[C@@H]1O. The molecule has 3 aliphatic carbocycles. The summed E-state index contributed by atoms with van der Waals surface area (Å²) in [5.41, 5.74) is 6.22. The van der Waals surface area contributed by atoms with Gasteiger partial charge in [-0.15, -0.1) is 0 Å². The molecule has 5 N–H and O–H groups in total. The van der Waals surface area contributed by atoms with Gasteiger partial charge in [-0.2, -0.15) is 5.10 Å². The van der Waals surface area contributed by atoms with Gasteiger partial charge in [0.25, 0.3) is 0 Å². The molecular weight excluding hydrogens is 459 g/mol. The van der Waals surface area contributed by atoms with Crippen LogP contribution in [0.1, 0.15) is 51.0 Å². The molecule has 8 atom stereocenters. The van der Waals surface area contributed by atoms with Crippen LogP contribution in [0, 0.1) is 11.3 Å². The number of H-pyrrole nitrogens is 1. The summed E-state index contributed by atoms with van der Waals surface area (Å²) in [6, 6.07) is 5.96. The maximum absolute atomic E-state index is 17.1. The summed E-state index contributed by atoms with van der Waals surface area (Å²) >= 11 is 0. The van der Waals surface area contributed by atoms with Crippen molar-refractivity contribution in [2.24, 2.45) is 11.3 Å². The molecule has 2 saturated carbocycles. The van der Waals surface area contributed by atoms with Gasteiger partial charge in [0.15, 0.2) is 11.5 Å². The molecule has 2 aliphatic heterocycles. The number of fused-ring (bicyclic) bond motifs is 2. The second-order valence-electron chi connectivity index (χ2n) is 12.3. The first kappa shape index (κ1) is 22.9. The molecule has 2 bridgehead atoms. The van der Waals surface area contributed by atoms with E-state index in [1.54, 1.807) is 6.08 Å². The molecule has 7 nitrogen and oxygen atoms in total. The van der Waals surface area contributed by atoms with Crippen molar-refractivity contribution in [3.05, 3.63) is 41.5 Å². The summed E-state index contributed by atoms with van der Waals surface area (Å²) in [7, 11) is 3.82. The minimum Gasteiger partial charge on any atom is -0.388 e. The summed E-state index contributed by atoms with van der Waals surface area (Å²) in [6.07, 6.45) is 5.49. The fourth-order valence-electron chi connectivity index (χ4n) is 8.64.